The van der Waals surface area contributed by atoms with Crippen LogP contribution in [0.3, 0.4) is 0 Å². The normalized spacial score (nSPS) is 11.1. The molecule has 0 aromatic carbocycles. The third kappa shape index (κ3) is 5.53. The maximum atomic E-state index is 11.1. The highest BCUT2D eigenvalue weighted by molar-refractivity contribution is 7.98. The number of imidazole rings is 1. The summed E-state index contributed by atoms with van der Waals surface area (Å²) < 4.78 is 0. The lowest BCUT2D eigenvalue weighted by atomic mass is 10.1. The van der Waals surface area contributed by atoms with Crippen LogP contribution in [0.5, 0.6) is 0 Å². The summed E-state index contributed by atoms with van der Waals surface area (Å²) in [6.07, 6.45) is 3.48. The van der Waals surface area contributed by atoms with E-state index >= 15 is 0 Å². The quantitative estimate of drug-likeness (QED) is 0.493. The number of carboxylic acid groups (broad SMARTS) is 1. The number of carboxylic acids is 1. The molecule has 106 valence electrons. The lowest BCUT2D eigenvalue weighted by Crippen LogP contribution is -2.44. The molecule has 9 heteroatoms. The van der Waals surface area contributed by atoms with Gasteiger partial charge >= 0.3 is 5.97 Å². The second kappa shape index (κ2) is 9.11. The number of carbonyl (C=O) groups is 3. The number of carbonyl (C=O) groups excluding carboxylic acids is 2. The number of rotatable bonds is 6. The Hall–Kier alpha value is -1.87. The number of aromatic amines is 1. The predicted octanol–water partition coefficient (Wildman–Crippen LogP) is -0.983. The van der Waals surface area contributed by atoms with Gasteiger partial charge in [-0.05, 0) is 6.26 Å². The lowest BCUT2D eigenvalue weighted by Gasteiger charge is -2.13. The number of nitrogens with two attached hydrogens (primary N) is 1. The Morgan fingerprint density at radius 2 is 2.26 bits per heavy atom. The molecule has 5 N–H and O–H groups in total. The summed E-state index contributed by atoms with van der Waals surface area (Å²) in [6, 6.07) is -1.00. The van der Waals surface area contributed by atoms with Crippen molar-refractivity contribution in [1.29, 1.82) is 0 Å². The Balaban J connectivity index is 0.00000154. The molecule has 0 fully saturated rings. The molecule has 1 atom stereocenters. The van der Waals surface area contributed by atoms with E-state index in [1.54, 1.807) is 0 Å². The van der Waals surface area contributed by atoms with Crippen molar-refractivity contribution >= 4 is 30.4 Å². The number of amides is 1. The maximum Gasteiger partial charge on any atom is 0.326 e. The van der Waals surface area contributed by atoms with Crippen molar-refractivity contribution in [2.24, 2.45) is 5.73 Å². The van der Waals surface area contributed by atoms with E-state index in [0.717, 1.165) is 5.03 Å². The van der Waals surface area contributed by atoms with Gasteiger partial charge in [-0.1, -0.05) is 0 Å². The van der Waals surface area contributed by atoms with Gasteiger partial charge in [-0.2, -0.15) is 0 Å². The largest absolute Gasteiger partial charge is 0.480 e. The van der Waals surface area contributed by atoms with E-state index < -0.39 is 17.9 Å². The van der Waals surface area contributed by atoms with Crippen LogP contribution in [-0.4, -0.2) is 52.6 Å². The van der Waals surface area contributed by atoms with Crippen molar-refractivity contribution in [2.75, 3.05) is 12.8 Å². The molecule has 0 bridgehead atoms. The molecule has 1 unspecified atom stereocenters. The van der Waals surface area contributed by atoms with Crippen molar-refractivity contribution in [3.05, 3.63) is 12.0 Å². The zero-order valence-corrected chi connectivity index (χ0v) is 11.2. The lowest BCUT2D eigenvalue weighted by molar-refractivity contribution is -0.141. The number of hydrogen-bond acceptors (Lipinski definition) is 6. The summed E-state index contributed by atoms with van der Waals surface area (Å²) in [5.41, 5.74) is 5.80. The summed E-state index contributed by atoms with van der Waals surface area (Å²) in [5, 5.41) is 12.0. The van der Waals surface area contributed by atoms with Crippen molar-refractivity contribution < 1.29 is 19.5 Å². The second-order valence-electron chi connectivity index (χ2n) is 3.26. The van der Waals surface area contributed by atoms with E-state index in [9.17, 15) is 9.59 Å². The summed E-state index contributed by atoms with van der Waals surface area (Å²) in [5.74, 6) is -1.60. The van der Waals surface area contributed by atoms with Gasteiger partial charge in [0.25, 0.3) is 0 Å². The average molecular weight is 288 g/mol. The predicted molar refractivity (Wildman–Crippen MR) is 69.8 cm³/mol. The molecular weight excluding hydrogens is 272 g/mol. The van der Waals surface area contributed by atoms with Crippen molar-refractivity contribution in [2.45, 2.75) is 17.5 Å². The van der Waals surface area contributed by atoms with E-state index in [4.69, 9.17) is 15.6 Å². The van der Waals surface area contributed by atoms with Gasteiger partial charge in [0.1, 0.15) is 17.9 Å². The zero-order chi connectivity index (χ0) is 14.8. The van der Waals surface area contributed by atoms with Gasteiger partial charge in [0.05, 0.1) is 18.6 Å². The molecule has 8 nitrogen and oxygen atoms in total. The van der Waals surface area contributed by atoms with Crippen LogP contribution in [0.15, 0.2) is 11.4 Å². The van der Waals surface area contributed by atoms with Crippen LogP contribution in [0.1, 0.15) is 5.69 Å². The van der Waals surface area contributed by atoms with E-state index in [0.29, 0.717) is 5.69 Å². The van der Waals surface area contributed by atoms with Gasteiger partial charge < -0.3 is 25.9 Å². The molecule has 1 amide bonds. The molecule has 0 spiro atoms. The molecule has 0 radical (unpaired) electrons. The van der Waals surface area contributed by atoms with Crippen molar-refractivity contribution in [1.82, 2.24) is 15.3 Å². The van der Waals surface area contributed by atoms with Crippen LogP contribution in [-0.2, 0) is 20.8 Å². The molecule has 0 aliphatic carbocycles. The Bertz CT molecular complexity index is 423. The second-order valence-corrected chi connectivity index (χ2v) is 4.05. The molecule has 1 aromatic heterocycles. The SMILES string of the molecule is C=O.CSc1nc[nH]c1CC(NC(=O)CN)C(=O)O. The van der Waals surface area contributed by atoms with Crippen molar-refractivity contribution in [3.63, 3.8) is 0 Å². The third-order valence-corrected chi connectivity index (χ3v) is 2.84. The molecular formula is C10H16N4O4S. The summed E-state index contributed by atoms with van der Waals surface area (Å²) in [6.45, 7) is 1.77. The summed E-state index contributed by atoms with van der Waals surface area (Å²) in [7, 11) is 0. The zero-order valence-electron chi connectivity index (χ0n) is 10.4. The molecule has 0 aliphatic heterocycles. The fourth-order valence-corrected chi connectivity index (χ4v) is 1.83. The Morgan fingerprint density at radius 3 is 2.74 bits per heavy atom. The first-order valence-corrected chi connectivity index (χ1v) is 6.38. The smallest absolute Gasteiger partial charge is 0.326 e. The number of H-pyrrole nitrogens is 1. The van der Waals surface area contributed by atoms with Crippen LogP contribution in [0, 0.1) is 0 Å². The minimum absolute atomic E-state index is 0.150. The van der Waals surface area contributed by atoms with E-state index in [-0.39, 0.29) is 13.0 Å². The summed E-state index contributed by atoms with van der Waals surface area (Å²) >= 11 is 1.41. The van der Waals surface area contributed by atoms with Gasteiger partial charge in [0.15, 0.2) is 0 Å². The molecule has 1 heterocycles. The minimum atomic E-state index is -1.10. The maximum absolute atomic E-state index is 11.1. The first-order valence-electron chi connectivity index (χ1n) is 5.15. The first kappa shape index (κ1) is 17.1. The van der Waals surface area contributed by atoms with Gasteiger partial charge in [-0.3, -0.25) is 4.79 Å². The van der Waals surface area contributed by atoms with E-state index in [2.05, 4.69) is 15.3 Å². The van der Waals surface area contributed by atoms with Gasteiger partial charge in [-0.15, -0.1) is 11.8 Å². The highest BCUT2D eigenvalue weighted by Crippen LogP contribution is 2.16. The number of nitrogens with zero attached hydrogens (tertiary/aromatic N) is 1. The Labute approximate surface area is 114 Å². The van der Waals surface area contributed by atoms with Crippen LogP contribution in [0.25, 0.3) is 0 Å². The topological polar surface area (TPSA) is 138 Å². The van der Waals surface area contributed by atoms with Gasteiger partial charge in [-0.25, -0.2) is 9.78 Å². The van der Waals surface area contributed by atoms with Crippen LogP contribution >= 0.6 is 11.8 Å². The number of thioether (sulfide) groups is 1. The highest BCUT2D eigenvalue weighted by Gasteiger charge is 2.21. The fourth-order valence-electron chi connectivity index (χ4n) is 1.29. The molecule has 1 rings (SSSR count). The van der Waals surface area contributed by atoms with Crippen LogP contribution in [0.2, 0.25) is 0 Å². The molecule has 0 aliphatic rings. The monoisotopic (exact) mass is 288 g/mol. The fraction of sp³-hybridized carbons (Fsp3) is 0.400. The van der Waals surface area contributed by atoms with E-state index in [1.165, 1.54) is 18.1 Å². The van der Waals surface area contributed by atoms with Crippen LogP contribution in [0.4, 0.5) is 0 Å². The molecule has 1 aromatic rings. The standard InChI is InChI=1S/C9H14N4O3S.CH2O/c1-17-8-5(11-4-12-8)2-6(9(15)16)13-7(14)3-10;1-2/h4,6H,2-3,10H2,1H3,(H,11,12)(H,13,14)(H,15,16);1H2. The van der Waals surface area contributed by atoms with Crippen LogP contribution < -0.4 is 11.1 Å². The molecule has 0 saturated heterocycles. The number of aliphatic carboxylic acids is 1. The highest BCUT2D eigenvalue weighted by atomic mass is 32.2. The Morgan fingerprint density at radius 1 is 1.63 bits per heavy atom. The van der Waals surface area contributed by atoms with Gasteiger partial charge in [0.2, 0.25) is 5.91 Å². The third-order valence-electron chi connectivity index (χ3n) is 2.10. The average Bonchev–Trinajstić information content (AvgIpc) is 2.87. The minimum Gasteiger partial charge on any atom is -0.480 e. The summed E-state index contributed by atoms with van der Waals surface area (Å²) in [4.78, 5) is 36.9. The van der Waals surface area contributed by atoms with Gasteiger partial charge in [0, 0.05) is 6.42 Å². The number of hydrogen-bond donors (Lipinski definition) is 4. The Kier molecular flexibility index (Phi) is 8.22. The van der Waals surface area contributed by atoms with E-state index in [1.807, 2.05) is 13.0 Å². The number of aromatic nitrogens is 2. The number of nitrogens with one attached hydrogen (secondary N) is 2. The molecule has 0 saturated carbocycles. The molecule has 19 heavy (non-hydrogen) atoms. The van der Waals surface area contributed by atoms with Crippen molar-refractivity contribution in [3.8, 4) is 0 Å². The first-order chi connectivity index (χ1) is 9.08.